The monoisotopic (exact) mass is 338 g/mol. The second-order valence-corrected chi connectivity index (χ2v) is 8.31. The highest BCUT2D eigenvalue weighted by Gasteiger charge is 2.33. The fourth-order valence-electron chi connectivity index (χ4n) is 2.81. The molecule has 118 valence electrons. The maximum Gasteiger partial charge on any atom is 0.256 e. The van der Waals surface area contributed by atoms with Crippen LogP contribution in [0.25, 0.3) is 0 Å². The summed E-state index contributed by atoms with van der Waals surface area (Å²) in [6.45, 7) is 1.07. The summed E-state index contributed by atoms with van der Waals surface area (Å²) in [5, 5.41) is 1.75. The maximum atomic E-state index is 12.8. The van der Waals surface area contributed by atoms with Gasteiger partial charge < -0.3 is 4.74 Å². The topological polar surface area (TPSA) is 59.5 Å². The molecule has 0 bridgehead atoms. The van der Waals surface area contributed by atoms with Crippen molar-refractivity contribution in [3.8, 4) is 5.75 Å². The Morgan fingerprint density at radius 2 is 2.09 bits per heavy atom. The molecule has 22 heavy (non-hydrogen) atoms. The van der Waals surface area contributed by atoms with Crippen LogP contribution in [-0.2, 0) is 10.0 Å². The molecule has 1 aliphatic heterocycles. The molecule has 0 saturated carbocycles. The normalized spacial score (nSPS) is 20.0. The van der Waals surface area contributed by atoms with Crippen LogP contribution in [0.2, 0.25) is 0 Å². The van der Waals surface area contributed by atoms with Crippen LogP contribution in [0.5, 0.6) is 5.75 Å². The van der Waals surface area contributed by atoms with Crippen LogP contribution in [-0.4, -0.2) is 37.9 Å². The van der Waals surface area contributed by atoms with E-state index in [1.165, 1.54) is 18.4 Å². The fourth-order valence-corrected chi connectivity index (χ4v) is 5.75. The van der Waals surface area contributed by atoms with Gasteiger partial charge in [-0.25, -0.2) is 8.42 Å². The zero-order valence-corrected chi connectivity index (χ0v) is 13.9. The Hall–Kier alpha value is -1.44. The molecule has 0 aliphatic carbocycles. The zero-order chi connectivity index (χ0) is 15.6. The first-order chi connectivity index (χ1) is 10.6. The molecule has 0 amide bonds. The van der Waals surface area contributed by atoms with E-state index in [0.29, 0.717) is 23.0 Å². The van der Waals surface area contributed by atoms with Gasteiger partial charge in [-0.1, -0.05) is 0 Å². The Bertz CT molecular complexity index is 728. The van der Waals surface area contributed by atoms with Crippen molar-refractivity contribution in [2.45, 2.75) is 23.0 Å². The van der Waals surface area contributed by atoms with Gasteiger partial charge in [0.2, 0.25) is 0 Å². The molecule has 0 N–H and O–H groups in total. The highest BCUT2D eigenvalue weighted by molar-refractivity contribution is 7.91. The number of aromatic nitrogens is 1. The van der Waals surface area contributed by atoms with Crippen molar-refractivity contribution in [1.29, 1.82) is 0 Å². The number of rotatable bonds is 4. The molecular weight excluding hydrogens is 320 g/mol. The predicted molar refractivity (Wildman–Crippen MR) is 85.8 cm³/mol. The quantitative estimate of drug-likeness (QED) is 0.860. The van der Waals surface area contributed by atoms with E-state index in [1.807, 2.05) is 12.1 Å². The lowest BCUT2D eigenvalue weighted by atomic mass is 9.92. The van der Waals surface area contributed by atoms with E-state index in [0.717, 1.165) is 18.4 Å². The summed E-state index contributed by atoms with van der Waals surface area (Å²) in [6.07, 6.45) is 5.37. The van der Waals surface area contributed by atoms with E-state index in [-0.39, 0.29) is 5.92 Å². The molecule has 0 aromatic carbocycles. The Labute approximate surface area is 134 Å². The molecule has 1 unspecified atom stereocenters. The van der Waals surface area contributed by atoms with Gasteiger partial charge in [0.15, 0.2) is 4.21 Å². The van der Waals surface area contributed by atoms with Gasteiger partial charge in [0.05, 0.1) is 7.11 Å². The number of hydrogen-bond acceptors (Lipinski definition) is 5. The van der Waals surface area contributed by atoms with Gasteiger partial charge in [-0.05, 0) is 47.9 Å². The van der Waals surface area contributed by atoms with Crippen LogP contribution >= 0.6 is 11.3 Å². The standard InChI is InChI=1S/C15H18N2O3S2/c1-20-14-6-10-21-15(14)22(18,19)17-9-2-3-13(11-17)12-4-7-16-8-5-12/h4-8,10,13H,2-3,9,11H2,1H3. The molecule has 3 rings (SSSR count). The third-order valence-electron chi connectivity index (χ3n) is 3.95. The second-order valence-electron chi connectivity index (χ2n) is 5.26. The van der Waals surface area contributed by atoms with Crippen LogP contribution in [0.3, 0.4) is 0 Å². The third-order valence-corrected chi connectivity index (χ3v) is 7.24. The molecule has 1 fully saturated rings. The van der Waals surface area contributed by atoms with Crippen molar-refractivity contribution in [2.75, 3.05) is 20.2 Å². The van der Waals surface area contributed by atoms with Crippen LogP contribution in [0.4, 0.5) is 0 Å². The average molecular weight is 338 g/mol. The Morgan fingerprint density at radius 3 is 2.82 bits per heavy atom. The summed E-state index contributed by atoms with van der Waals surface area (Å²) in [5.74, 6) is 0.647. The summed E-state index contributed by atoms with van der Waals surface area (Å²) >= 11 is 1.21. The SMILES string of the molecule is COc1ccsc1S(=O)(=O)N1CCCC(c2ccncc2)C1. The van der Waals surface area contributed by atoms with E-state index in [9.17, 15) is 8.42 Å². The second kappa shape index (κ2) is 6.36. The number of hydrogen-bond donors (Lipinski definition) is 0. The molecule has 2 aromatic rings. The van der Waals surface area contributed by atoms with Gasteiger partial charge in [-0.3, -0.25) is 4.98 Å². The summed E-state index contributed by atoms with van der Waals surface area (Å²) < 4.78 is 32.7. The summed E-state index contributed by atoms with van der Waals surface area (Å²) in [4.78, 5) is 4.02. The Balaban J connectivity index is 1.85. The molecular formula is C15H18N2O3S2. The molecule has 1 aliphatic rings. The van der Waals surface area contributed by atoms with Crippen molar-refractivity contribution in [3.05, 3.63) is 41.5 Å². The number of pyridine rings is 1. The number of ether oxygens (including phenoxy) is 1. The van der Waals surface area contributed by atoms with Gasteiger partial charge in [-0.15, -0.1) is 11.3 Å². The minimum absolute atomic E-state index is 0.220. The fraction of sp³-hybridized carbons (Fsp3) is 0.400. The lowest BCUT2D eigenvalue weighted by molar-refractivity contribution is 0.314. The molecule has 0 spiro atoms. The van der Waals surface area contributed by atoms with Gasteiger partial charge in [0.25, 0.3) is 10.0 Å². The van der Waals surface area contributed by atoms with Gasteiger partial charge in [-0.2, -0.15) is 4.31 Å². The van der Waals surface area contributed by atoms with Crippen molar-refractivity contribution in [2.24, 2.45) is 0 Å². The molecule has 2 aromatic heterocycles. The van der Waals surface area contributed by atoms with E-state index in [1.54, 1.807) is 28.1 Å². The zero-order valence-electron chi connectivity index (χ0n) is 12.3. The van der Waals surface area contributed by atoms with E-state index in [2.05, 4.69) is 4.98 Å². The summed E-state index contributed by atoms with van der Waals surface area (Å²) in [6, 6.07) is 5.63. The van der Waals surface area contributed by atoms with Gasteiger partial charge >= 0.3 is 0 Å². The van der Waals surface area contributed by atoms with Crippen LogP contribution in [0.1, 0.15) is 24.3 Å². The molecule has 1 saturated heterocycles. The lowest BCUT2D eigenvalue weighted by Gasteiger charge is -2.31. The predicted octanol–water partition coefficient (Wildman–Crippen LogP) is 2.72. The van der Waals surface area contributed by atoms with Gasteiger partial charge in [0.1, 0.15) is 5.75 Å². The maximum absolute atomic E-state index is 12.8. The molecule has 1 atom stereocenters. The van der Waals surface area contributed by atoms with Crippen molar-refractivity contribution >= 4 is 21.4 Å². The summed E-state index contributed by atoms with van der Waals surface area (Å²) in [7, 11) is -1.99. The molecule has 5 nitrogen and oxygen atoms in total. The molecule has 3 heterocycles. The molecule has 7 heteroatoms. The number of sulfonamides is 1. The smallest absolute Gasteiger partial charge is 0.256 e. The lowest BCUT2D eigenvalue weighted by Crippen LogP contribution is -2.38. The number of thiophene rings is 1. The van der Waals surface area contributed by atoms with Crippen molar-refractivity contribution in [3.63, 3.8) is 0 Å². The number of nitrogens with zero attached hydrogens (tertiary/aromatic N) is 2. The minimum atomic E-state index is -3.49. The van der Waals surface area contributed by atoms with Crippen molar-refractivity contribution < 1.29 is 13.2 Å². The summed E-state index contributed by atoms with van der Waals surface area (Å²) in [5.41, 5.74) is 1.15. The van der Waals surface area contributed by atoms with E-state index in [4.69, 9.17) is 4.74 Å². The van der Waals surface area contributed by atoms with Gasteiger partial charge in [0, 0.05) is 25.5 Å². The van der Waals surface area contributed by atoms with Crippen LogP contribution < -0.4 is 4.74 Å². The average Bonchev–Trinajstić information content (AvgIpc) is 3.05. The van der Waals surface area contributed by atoms with Crippen LogP contribution in [0.15, 0.2) is 40.2 Å². The number of piperidine rings is 1. The highest BCUT2D eigenvalue weighted by Crippen LogP contribution is 2.35. The first-order valence-corrected chi connectivity index (χ1v) is 9.46. The Kier molecular flexibility index (Phi) is 4.46. The van der Waals surface area contributed by atoms with E-state index < -0.39 is 10.0 Å². The minimum Gasteiger partial charge on any atom is -0.494 e. The molecule has 0 radical (unpaired) electrons. The number of methoxy groups -OCH3 is 1. The first-order valence-electron chi connectivity index (χ1n) is 7.14. The Morgan fingerprint density at radius 1 is 1.32 bits per heavy atom. The van der Waals surface area contributed by atoms with E-state index >= 15 is 0 Å². The van der Waals surface area contributed by atoms with Crippen LogP contribution in [0, 0.1) is 0 Å². The highest BCUT2D eigenvalue weighted by atomic mass is 32.2. The third kappa shape index (κ3) is 2.88. The van der Waals surface area contributed by atoms with Crippen molar-refractivity contribution in [1.82, 2.24) is 9.29 Å². The first kappa shape index (κ1) is 15.5. The largest absolute Gasteiger partial charge is 0.494 e.